The van der Waals surface area contributed by atoms with Crippen LogP contribution in [0.1, 0.15) is 30.5 Å². The summed E-state index contributed by atoms with van der Waals surface area (Å²) in [4.78, 5) is 22.9. The molecule has 116 valence electrons. The fraction of sp³-hybridized carbons (Fsp3) is 0.500. The van der Waals surface area contributed by atoms with Crippen LogP contribution in [0.5, 0.6) is 5.75 Å². The maximum atomic E-state index is 11.8. The van der Waals surface area contributed by atoms with E-state index in [2.05, 4.69) is 5.32 Å². The number of rotatable bonds is 6. The van der Waals surface area contributed by atoms with E-state index in [0.29, 0.717) is 5.75 Å². The number of carbonyl (C=O) groups excluding carboxylic acids is 1. The molecule has 0 radical (unpaired) electrons. The lowest BCUT2D eigenvalue weighted by Gasteiger charge is -2.18. The summed E-state index contributed by atoms with van der Waals surface area (Å²) in [6.07, 6.45) is 0. The van der Waals surface area contributed by atoms with Crippen molar-refractivity contribution >= 4 is 11.9 Å². The van der Waals surface area contributed by atoms with Crippen LogP contribution >= 0.6 is 0 Å². The van der Waals surface area contributed by atoms with E-state index in [4.69, 9.17) is 9.84 Å². The highest BCUT2D eigenvalue weighted by Crippen LogP contribution is 2.23. The van der Waals surface area contributed by atoms with Gasteiger partial charge in [0, 0.05) is 0 Å². The van der Waals surface area contributed by atoms with Crippen molar-refractivity contribution in [2.24, 2.45) is 5.92 Å². The van der Waals surface area contributed by atoms with Gasteiger partial charge in [0.25, 0.3) is 5.91 Å². The van der Waals surface area contributed by atoms with Gasteiger partial charge in [0.2, 0.25) is 0 Å². The number of hydrogen-bond acceptors (Lipinski definition) is 3. The second kappa shape index (κ2) is 7.11. The molecule has 0 saturated carbocycles. The van der Waals surface area contributed by atoms with Crippen LogP contribution in [-0.2, 0) is 9.59 Å². The van der Waals surface area contributed by atoms with Gasteiger partial charge in [-0.05, 0) is 49.4 Å². The molecule has 21 heavy (non-hydrogen) atoms. The van der Waals surface area contributed by atoms with Crippen LogP contribution in [0.2, 0.25) is 0 Å². The number of benzene rings is 1. The highest BCUT2D eigenvalue weighted by atomic mass is 16.5. The standard InChI is InChI=1S/C16H23NO4/c1-9(2)15(16(19)20)17-14(18)8-21-13-7-10(3)6-11(4)12(13)5/h6-7,9,15H,8H2,1-5H3,(H,17,18)(H,19,20)/t15-/m0/s1. The number of aliphatic carboxylic acids is 1. The van der Waals surface area contributed by atoms with Gasteiger partial charge in [-0.2, -0.15) is 0 Å². The predicted molar refractivity (Wildman–Crippen MR) is 80.6 cm³/mol. The van der Waals surface area contributed by atoms with Crippen molar-refractivity contribution < 1.29 is 19.4 Å². The molecule has 1 rings (SSSR count). The van der Waals surface area contributed by atoms with Gasteiger partial charge in [0.05, 0.1) is 0 Å². The minimum absolute atomic E-state index is 0.186. The average Bonchev–Trinajstić information content (AvgIpc) is 2.37. The Kier molecular flexibility index (Phi) is 5.76. The fourth-order valence-corrected chi connectivity index (χ4v) is 2.02. The number of carboxylic acids is 1. The monoisotopic (exact) mass is 293 g/mol. The summed E-state index contributed by atoms with van der Waals surface area (Å²) >= 11 is 0. The maximum Gasteiger partial charge on any atom is 0.326 e. The van der Waals surface area contributed by atoms with Crippen molar-refractivity contribution in [1.82, 2.24) is 5.32 Å². The number of aryl methyl sites for hydroxylation is 2. The first-order chi connectivity index (χ1) is 9.72. The molecule has 0 aliphatic rings. The molecule has 1 amide bonds. The van der Waals surface area contributed by atoms with Crippen LogP contribution in [0.4, 0.5) is 0 Å². The van der Waals surface area contributed by atoms with Gasteiger partial charge in [0.15, 0.2) is 6.61 Å². The first-order valence-electron chi connectivity index (χ1n) is 6.95. The Bertz CT molecular complexity index is 537. The lowest BCUT2D eigenvalue weighted by Crippen LogP contribution is -2.46. The molecular formula is C16H23NO4. The summed E-state index contributed by atoms with van der Waals surface area (Å²) in [6, 6.07) is 3.01. The van der Waals surface area contributed by atoms with Gasteiger partial charge in [-0.3, -0.25) is 4.79 Å². The molecule has 0 fully saturated rings. The lowest BCUT2D eigenvalue weighted by molar-refractivity contribution is -0.143. The summed E-state index contributed by atoms with van der Waals surface area (Å²) in [5.41, 5.74) is 3.13. The van der Waals surface area contributed by atoms with E-state index in [9.17, 15) is 9.59 Å². The number of ether oxygens (including phenoxy) is 1. The molecule has 2 N–H and O–H groups in total. The summed E-state index contributed by atoms with van der Waals surface area (Å²) < 4.78 is 5.52. The van der Waals surface area contributed by atoms with Gasteiger partial charge in [-0.1, -0.05) is 19.9 Å². The Hall–Kier alpha value is -2.04. The van der Waals surface area contributed by atoms with Crippen LogP contribution < -0.4 is 10.1 Å². The van der Waals surface area contributed by atoms with Crippen molar-refractivity contribution in [3.63, 3.8) is 0 Å². The van der Waals surface area contributed by atoms with Crippen molar-refractivity contribution in [3.05, 3.63) is 28.8 Å². The number of carboxylic acid groups (broad SMARTS) is 1. The zero-order valence-corrected chi connectivity index (χ0v) is 13.2. The predicted octanol–water partition coefficient (Wildman–Crippen LogP) is 2.22. The van der Waals surface area contributed by atoms with Gasteiger partial charge in [-0.25, -0.2) is 4.79 Å². The van der Waals surface area contributed by atoms with E-state index >= 15 is 0 Å². The minimum Gasteiger partial charge on any atom is -0.483 e. The largest absolute Gasteiger partial charge is 0.483 e. The number of hydrogen-bond donors (Lipinski definition) is 2. The van der Waals surface area contributed by atoms with Crippen molar-refractivity contribution in [3.8, 4) is 5.75 Å². The molecular weight excluding hydrogens is 270 g/mol. The Morgan fingerprint density at radius 1 is 1.24 bits per heavy atom. The SMILES string of the molecule is Cc1cc(C)c(C)c(OCC(=O)N[C@H](C(=O)O)C(C)C)c1. The fourth-order valence-electron chi connectivity index (χ4n) is 2.02. The zero-order chi connectivity index (χ0) is 16.2. The van der Waals surface area contributed by atoms with E-state index in [1.807, 2.05) is 32.9 Å². The number of carbonyl (C=O) groups is 2. The van der Waals surface area contributed by atoms with E-state index in [-0.39, 0.29) is 12.5 Å². The molecule has 0 aliphatic heterocycles. The zero-order valence-electron chi connectivity index (χ0n) is 13.2. The molecule has 0 aliphatic carbocycles. The van der Waals surface area contributed by atoms with E-state index in [0.717, 1.165) is 16.7 Å². The molecule has 5 heteroatoms. The summed E-state index contributed by atoms with van der Waals surface area (Å²) in [5.74, 6) is -1.01. The average molecular weight is 293 g/mol. The highest BCUT2D eigenvalue weighted by molar-refractivity contribution is 5.84. The topological polar surface area (TPSA) is 75.6 Å². The third-order valence-corrected chi connectivity index (χ3v) is 3.37. The van der Waals surface area contributed by atoms with Crippen LogP contribution in [0.15, 0.2) is 12.1 Å². The Morgan fingerprint density at radius 3 is 2.38 bits per heavy atom. The molecule has 0 unspecified atom stereocenters. The van der Waals surface area contributed by atoms with E-state index < -0.39 is 17.9 Å². The Balaban J connectivity index is 2.67. The summed E-state index contributed by atoms with van der Waals surface area (Å²) in [6.45, 7) is 9.16. The van der Waals surface area contributed by atoms with Gasteiger partial charge in [0.1, 0.15) is 11.8 Å². The lowest BCUT2D eigenvalue weighted by atomic mass is 10.0. The van der Waals surface area contributed by atoms with E-state index in [1.165, 1.54) is 0 Å². The maximum absolute atomic E-state index is 11.8. The second-order valence-corrected chi connectivity index (χ2v) is 5.62. The smallest absolute Gasteiger partial charge is 0.326 e. The summed E-state index contributed by atoms with van der Waals surface area (Å²) in [5, 5.41) is 11.5. The Labute approximate surface area is 125 Å². The molecule has 1 atom stereocenters. The summed E-state index contributed by atoms with van der Waals surface area (Å²) in [7, 11) is 0. The molecule has 1 aromatic rings. The second-order valence-electron chi connectivity index (χ2n) is 5.62. The van der Waals surface area contributed by atoms with Crippen LogP contribution in [-0.4, -0.2) is 29.6 Å². The first-order valence-corrected chi connectivity index (χ1v) is 6.95. The first kappa shape index (κ1) is 17.0. The van der Waals surface area contributed by atoms with Gasteiger partial charge >= 0.3 is 5.97 Å². The van der Waals surface area contributed by atoms with Crippen molar-refractivity contribution in [1.29, 1.82) is 0 Å². The highest BCUT2D eigenvalue weighted by Gasteiger charge is 2.23. The third kappa shape index (κ3) is 4.77. The quantitative estimate of drug-likeness (QED) is 0.843. The third-order valence-electron chi connectivity index (χ3n) is 3.37. The molecule has 1 aromatic carbocycles. The van der Waals surface area contributed by atoms with E-state index in [1.54, 1.807) is 13.8 Å². The van der Waals surface area contributed by atoms with Gasteiger partial charge < -0.3 is 15.2 Å². The minimum atomic E-state index is -1.04. The Morgan fingerprint density at radius 2 is 1.86 bits per heavy atom. The normalized spacial score (nSPS) is 12.1. The molecule has 0 aromatic heterocycles. The number of nitrogens with one attached hydrogen (secondary N) is 1. The molecule has 0 heterocycles. The molecule has 0 bridgehead atoms. The van der Waals surface area contributed by atoms with Crippen LogP contribution in [0.3, 0.4) is 0 Å². The number of amides is 1. The van der Waals surface area contributed by atoms with Gasteiger partial charge in [-0.15, -0.1) is 0 Å². The van der Waals surface area contributed by atoms with Crippen molar-refractivity contribution in [2.45, 2.75) is 40.7 Å². The van der Waals surface area contributed by atoms with Crippen LogP contribution in [0.25, 0.3) is 0 Å². The molecule has 0 spiro atoms. The molecule has 5 nitrogen and oxygen atoms in total. The van der Waals surface area contributed by atoms with Crippen molar-refractivity contribution in [2.75, 3.05) is 6.61 Å². The molecule has 0 saturated heterocycles. The van der Waals surface area contributed by atoms with Crippen LogP contribution in [0, 0.1) is 26.7 Å².